The summed E-state index contributed by atoms with van der Waals surface area (Å²) in [7, 11) is -1.89. The van der Waals surface area contributed by atoms with E-state index in [0.29, 0.717) is 17.9 Å². The monoisotopic (exact) mass is 384 g/mol. The Labute approximate surface area is 155 Å². The normalized spacial score (nSPS) is 19.3. The molecule has 1 aliphatic rings. The summed E-state index contributed by atoms with van der Waals surface area (Å²) in [6.45, 7) is 8.11. The number of hydrogen-bond acceptors (Lipinski definition) is 5. The van der Waals surface area contributed by atoms with Crippen LogP contribution < -0.4 is 4.74 Å². The predicted molar refractivity (Wildman–Crippen MR) is 99.6 cm³/mol. The highest BCUT2D eigenvalue weighted by molar-refractivity contribution is 7.88. The van der Waals surface area contributed by atoms with E-state index in [-0.39, 0.29) is 24.9 Å². The molecule has 0 saturated carbocycles. The highest BCUT2D eigenvalue weighted by Crippen LogP contribution is 2.20. The third-order valence-corrected chi connectivity index (χ3v) is 5.94. The van der Waals surface area contributed by atoms with Crippen LogP contribution in [0.4, 0.5) is 4.79 Å². The number of methoxy groups -OCH3 is 1. The van der Waals surface area contributed by atoms with Gasteiger partial charge in [0.05, 0.1) is 12.9 Å². The Morgan fingerprint density at radius 2 is 1.81 bits per heavy atom. The smallest absolute Gasteiger partial charge is 0.410 e. The van der Waals surface area contributed by atoms with Crippen molar-refractivity contribution in [3.8, 4) is 5.75 Å². The van der Waals surface area contributed by atoms with Crippen LogP contribution in [0.3, 0.4) is 0 Å². The number of amides is 1. The molecule has 1 heterocycles. The van der Waals surface area contributed by atoms with Crippen molar-refractivity contribution < 1.29 is 22.7 Å². The Bertz CT molecular complexity index is 725. The highest BCUT2D eigenvalue weighted by Gasteiger charge is 2.35. The number of carbonyl (C=O) groups is 1. The first-order valence-corrected chi connectivity index (χ1v) is 10.2. The number of sulfonamides is 1. The van der Waals surface area contributed by atoms with E-state index < -0.39 is 21.7 Å². The van der Waals surface area contributed by atoms with E-state index in [2.05, 4.69) is 0 Å². The minimum Gasteiger partial charge on any atom is -0.497 e. The molecule has 8 heteroatoms. The minimum absolute atomic E-state index is 0.0733. The molecule has 7 nitrogen and oxygen atoms in total. The molecule has 0 aliphatic carbocycles. The van der Waals surface area contributed by atoms with Gasteiger partial charge in [0.15, 0.2) is 0 Å². The minimum atomic E-state index is -3.46. The summed E-state index contributed by atoms with van der Waals surface area (Å²) >= 11 is 0. The first kappa shape index (κ1) is 20.5. The van der Waals surface area contributed by atoms with Gasteiger partial charge in [-0.25, -0.2) is 13.2 Å². The van der Waals surface area contributed by atoms with Gasteiger partial charge in [0.25, 0.3) is 0 Å². The molecular formula is C18H28N2O5S. The summed E-state index contributed by atoms with van der Waals surface area (Å²) in [4.78, 5) is 13.8. The van der Waals surface area contributed by atoms with Crippen LogP contribution in [-0.2, 0) is 20.5 Å². The lowest BCUT2D eigenvalue weighted by Gasteiger charge is -2.39. The molecule has 1 aliphatic heterocycles. The fraction of sp³-hybridized carbons (Fsp3) is 0.611. The van der Waals surface area contributed by atoms with E-state index in [4.69, 9.17) is 9.47 Å². The van der Waals surface area contributed by atoms with E-state index in [1.807, 2.05) is 27.7 Å². The van der Waals surface area contributed by atoms with Gasteiger partial charge in [-0.2, -0.15) is 4.31 Å². The second-order valence-corrected chi connectivity index (χ2v) is 9.45. The maximum atomic E-state index is 12.7. The molecular weight excluding hydrogens is 356 g/mol. The molecule has 1 amide bonds. The summed E-state index contributed by atoms with van der Waals surface area (Å²) in [5.41, 5.74) is 0.127. The Hall–Kier alpha value is -1.80. The van der Waals surface area contributed by atoms with Gasteiger partial charge >= 0.3 is 6.09 Å². The van der Waals surface area contributed by atoms with Crippen molar-refractivity contribution in [3.63, 3.8) is 0 Å². The van der Waals surface area contributed by atoms with E-state index >= 15 is 0 Å². The van der Waals surface area contributed by atoms with E-state index in [1.54, 1.807) is 36.3 Å². The summed E-state index contributed by atoms with van der Waals surface area (Å²) in [6.07, 6.45) is -0.405. The molecule has 146 valence electrons. The average molecular weight is 384 g/mol. The number of rotatable bonds is 4. The lowest BCUT2D eigenvalue weighted by Crippen LogP contribution is -2.56. The van der Waals surface area contributed by atoms with Gasteiger partial charge in [-0.3, -0.25) is 0 Å². The van der Waals surface area contributed by atoms with Gasteiger partial charge in [0.2, 0.25) is 10.0 Å². The summed E-state index contributed by atoms with van der Waals surface area (Å²) < 4.78 is 37.4. The molecule has 1 aromatic rings. The maximum absolute atomic E-state index is 12.7. The second-order valence-electron chi connectivity index (χ2n) is 7.49. The third kappa shape index (κ3) is 5.35. The topological polar surface area (TPSA) is 76.2 Å². The van der Waals surface area contributed by atoms with Crippen LogP contribution in [0.15, 0.2) is 24.3 Å². The second kappa shape index (κ2) is 7.84. The molecule has 1 saturated heterocycles. The number of carbonyl (C=O) groups excluding carboxylic acids is 1. The number of hydrogen-bond donors (Lipinski definition) is 0. The van der Waals surface area contributed by atoms with E-state index in [1.165, 1.54) is 4.31 Å². The van der Waals surface area contributed by atoms with E-state index in [0.717, 1.165) is 0 Å². The Balaban J connectivity index is 2.00. The highest BCUT2D eigenvalue weighted by atomic mass is 32.2. The molecule has 0 spiro atoms. The number of nitrogens with zero attached hydrogens (tertiary/aromatic N) is 2. The molecule has 2 rings (SSSR count). The Kier molecular flexibility index (Phi) is 6.18. The zero-order valence-electron chi connectivity index (χ0n) is 16.1. The van der Waals surface area contributed by atoms with Gasteiger partial charge in [0, 0.05) is 25.7 Å². The molecule has 0 aromatic heterocycles. The van der Waals surface area contributed by atoms with Crippen LogP contribution in [0.1, 0.15) is 33.3 Å². The number of benzene rings is 1. The van der Waals surface area contributed by atoms with Crippen molar-refractivity contribution in [2.45, 2.75) is 45.1 Å². The summed E-state index contributed by atoms with van der Waals surface area (Å²) in [5, 5.41) is 0. The molecule has 1 atom stereocenters. The molecule has 0 bridgehead atoms. The largest absolute Gasteiger partial charge is 0.497 e. The number of ether oxygens (including phenoxy) is 2. The molecule has 0 N–H and O–H groups in total. The van der Waals surface area contributed by atoms with Gasteiger partial charge < -0.3 is 14.4 Å². The van der Waals surface area contributed by atoms with Gasteiger partial charge in [-0.15, -0.1) is 0 Å². The molecule has 1 aromatic carbocycles. The first-order chi connectivity index (χ1) is 12.0. The van der Waals surface area contributed by atoms with Crippen molar-refractivity contribution in [2.75, 3.05) is 26.7 Å². The number of piperazine rings is 1. The molecule has 0 radical (unpaired) electrons. The zero-order valence-corrected chi connectivity index (χ0v) is 16.9. The van der Waals surface area contributed by atoms with Crippen molar-refractivity contribution >= 4 is 16.1 Å². The lowest BCUT2D eigenvalue weighted by atomic mass is 10.2. The SMILES string of the molecule is COc1ccc(CS(=O)(=O)N2CCN(C(=O)OC(C)(C)C)[C@H](C)C2)cc1. The van der Waals surface area contributed by atoms with Crippen molar-refractivity contribution in [1.82, 2.24) is 9.21 Å². The predicted octanol–water partition coefficient (Wildman–Crippen LogP) is 2.47. The summed E-state index contributed by atoms with van der Waals surface area (Å²) in [5.74, 6) is 0.613. The maximum Gasteiger partial charge on any atom is 0.410 e. The van der Waals surface area contributed by atoms with Crippen LogP contribution >= 0.6 is 0 Å². The Morgan fingerprint density at radius 3 is 2.31 bits per heavy atom. The van der Waals surface area contributed by atoms with Crippen molar-refractivity contribution in [1.29, 1.82) is 0 Å². The molecule has 26 heavy (non-hydrogen) atoms. The van der Waals surface area contributed by atoms with Gasteiger partial charge in [-0.1, -0.05) is 12.1 Å². The quantitative estimate of drug-likeness (QED) is 0.797. The van der Waals surface area contributed by atoms with Crippen molar-refractivity contribution in [3.05, 3.63) is 29.8 Å². The average Bonchev–Trinajstić information content (AvgIpc) is 2.53. The molecule has 0 unspecified atom stereocenters. The van der Waals surface area contributed by atoms with Gasteiger partial charge in [-0.05, 0) is 45.4 Å². The molecule has 1 fully saturated rings. The lowest BCUT2D eigenvalue weighted by molar-refractivity contribution is 0.00857. The van der Waals surface area contributed by atoms with Gasteiger partial charge in [0.1, 0.15) is 11.4 Å². The fourth-order valence-corrected chi connectivity index (χ4v) is 4.39. The van der Waals surface area contributed by atoms with Crippen LogP contribution in [-0.4, -0.2) is 62.1 Å². The fourth-order valence-electron chi connectivity index (χ4n) is 2.79. The van der Waals surface area contributed by atoms with Crippen LogP contribution in [0.2, 0.25) is 0 Å². The van der Waals surface area contributed by atoms with Crippen molar-refractivity contribution in [2.24, 2.45) is 0 Å². The Morgan fingerprint density at radius 1 is 1.19 bits per heavy atom. The summed E-state index contributed by atoms with van der Waals surface area (Å²) in [6, 6.07) is 6.74. The van der Waals surface area contributed by atoms with Crippen LogP contribution in [0.5, 0.6) is 5.75 Å². The van der Waals surface area contributed by atoms with Crippen LogP contribution in [0, 0.1) is 0 Å². The van der Waals surface area contributed by atoms with E-state index in [9.17, 15) is 13.2 Å². The van der Waals surface area contributed by atoms with Crippen LogP contribution in [0.25, 0.3) is 0 Å². The third-order valence-electron chi connectivity index (χ3n) is 4.12. The first-order valence-electron chi connectivity index (χ1n) is 8.62. The standard InChI is InChI=1S/C18H28N2O5S/c1-14-12-19(10-11-20(14)17(21)25-18(2,3)4)26(22,23)13-15-6-8-16(24-5)9-7-15/h6-9,14H,10-13H2,1-5H3/t14-/m1/s1. The zero-order chi connectivity index (χ0) is 19.5.